The maximum absolute atomic E-state index is 12.0. The minimum absolute atomic E-state index is 0.225. The highest BCUT2D eigenvalue weighted by molar-refractivity contribution is 5.93. The summed E-state index contributed by atoms with van der Waals surface area (Å²) in [5.41, 5.74) is 1.77. The molecule has 0 saturated heterocycles. The summed E-state index contributed by atoms with van der Waals surface area (Å²) in [6.07, 6.45) is 0.707. The van der Waals surface area contributed by atoms with Crippen LogP contribution in [-0.4, -0.2) is 31.6 Å². The van der Waals surface area contributed by atoms with Crippen LogP contribution in [0.2, 0.25) is 0 Å². The first-order valence-corrected chi connectivity index (χ1v) is 8.11. The smallest absolute Gasteiger partial charge is 0.319 e. The normalized spacial score (nSPS) is 11.3. The number of hydrogen-bond acceptors (Lipinski definition) is 3. The summed E-state index contributed by atoms with van der Waals surface area (Å²) in [5, 5.41) is 8.11. The average Bonchev–Trinajstić information content (AvgIpc) is 2.63. The number of rotatable bonds is 7. The third-order valence-electron chi connectivity index (χ3n) is 3.64. The summed E-state index contributed by atoms with van der Waals surface area (Å²) >= 11 is 0. The Morgan fingerprint density at radius 1 is 1.04 bits per heavy atom. The zero-order valence-corrected chi connectivity index (χ0v) is 14.4. The van der Waals surface area contributed by atoms with E-state index in [2.05, 4.69) is 16.0 Å². The van der Waals surface area contributed by atoms with Gasteiger partial charge in [0.25, 0.3) is 0 Å². The molecule has 3 amide bonds. The molecule has 0 radical (unpaired) electrons. The molecule has 2 rings (SSSR count). The number of anilines is 1. The highest BCUT2D eigenvalue weighted by Crippen LogP contribution is 2.11. The van der Waals surface area contributed by atoms with E-state index >= 15 is 0 Å². The SMILES string of the molecule is COc1ccc(CCNC(=O)C(C)NC(=O)Nc2ccccc2)cc1. The second-order valence-corrected chi connectivity index (χ2v) is 5.58. The third-order valence-corrected chi connectivity index (χ3v) is 3.64. The minimum atomic E-state index is -0.625. The standard InChI is InChI=1S/C19H23N3O3/c1-14(21-19(24)22-16-6-4-3-5-7-16)18(23)20-13-12-15-8-10-17(25-2)11-9-15/h3-11,14H,12-13H2,1-2H3,(H,20,23)(H2,21,22,24). The average molecular weight is 341 g/mol. The van der Waals surface area contributed by atoms with Gasteiger partial charge in [-0.3, -0.25) is 4.79 Å². The van der Waals surface area contributed by atoms with Crippen LogP contribution in [0.4, 0.5) is 10.5 Å². The number of carbonyl (C=O) groups is 2. The molecule has 6 heteroatoms. The first-order valence-electron chi connectivity index (χ1n) is 8.11. The number of benzene rings is 2. The van der Waals surface area contributed by atoms with Crippen molar-refractivity contribution in [3.05, 3.63) is 60.2 Å². The molecule has 0 aromatic heterocycles. The molecular formula is C19H23N3O3. The topological polar surface area (TPSA) is 79.5 Å². The Labute approximate surface area is 147 Å². The van der Waals surface area contributed by atoms with Crippen LogP contribution >= 0.6 is 0 Å². The van der Waals surface area contributed by atoms with Crippen LogP contribution in [0.15, 0.2) is 54.6 Å². The number of methoxy groups -OCH3 is 1. The molecule has 1 atom stereocenters. The van der Waals surface area contributed by atoms with Crippen molar-refractivity contribution in [1.82, 2.24) is 10.6 Å². The van der Waals surface area contributed by atoms with Crippen LogP contribution < -0.4 is 20.7 Å². The number of ether oxygens (including phenoxy) is 1. The van der Waals surface area contributed by atoms with E-state index in [9.17, 15) is 9.59 Å². The Morgan fingerprint density at radius 3 is 2.36 bits per heavy atom. The fraction of sp³-hybridized carbons (Fsp3) is 0.263. The lowest BCUT2D eigenvalue weighted by Crippen LogP contribution is -2.46. The Balaban J connectivity index is 1.71. The highest BCUT2D eigenvalue weighted by Gasteiger charge is 2.14. The van der Waals surface area contributed by atoms with Gasteiger partial charge in [0.2, 0.25) is 5.91 Å². The van der Waals surface area contributed by atoms with Crippen LogP contribution in [0.5, 0.6) is 5.75 Å². The molecule has 1 unspecified atom stereocenters. The fourth-order valence-corrected chi connectivity index (χ4v) is 2.23. The lowest BCUT2D eigenvalue weighted by molar-refractivity contribution is -0.122. The largest absolute Gasteiger partial charge is 0.497 e. The summed E-state index contributed by atoms with van der Waals surface area (Å²) in [4.78, 5) is 23.9. The lowest BCUT2D eigenvalue weighted by Gasteiger charge is -2.15. The van der Waals surface area contributed by atoms with Gasteiger partial charge < -0.3 is 20.7 Å². The summed E-state index contributed by atoms with van der Waals surface area (Å²) in [5.74, 6) is 0.576. The maximum Gasteiger partial charge on any atom is 0.319 e. The highest BCUT2D eigenvalue weighted by atomic mass is 16.5. The van der Waals surface area contributed by atoms with Crippen LogP contribution in [0.25, 0.3) is 0 Å². The quantitative estimate of drug-likeness (QED) is 0.724. The molecule has 132 valence electrons. The van der Waals surface area contributed by atoms with Crippen molar-refractivity contribution in [3.63, 3.8) is 0 Å². The van der Waals surface area contributed by atoms with Gasteiger partial charge in [-0.2, -0.15) is 0 Å². The van der Waals surface area contributed by atoms with Crippen LogP contribution in [0.1, 0.15) is 12.5 Å². The van der Waals surface area contributed by atoms with Crippen molar-refractivity contribution >= 4 is 17.6 Å². The van der Waals surface area contributed by atoms with E-state index in [1.54, 1.807) is 26.2 Å². The summed E-state index contributed by atoms with van der Waals surface area (Å²) in [6, 6.07) is 15.7. The maximum atomic E-state index is 12.0. The Hall–Kier alpha value is -3.02. The van der Waals surface area contributed by atoms with Gasteiger partial charge in [-0.25, -0.2) is 4.79 Å². The van der Waals surface area contributed by atoms with Crippen molar-refractivity contribution in [2.45, 2.75) is 19.4 Å². The Morgan fingerprint density at radius 2 is 1.72 bits per heavy atom. The summed E-state index contributed by atoms with van der Waals surface area (Å²) < 4.78 is 5.11. The Kier molecular flexibility index (Phi) is 6.83. The molecule has 3 N–H and O–H groups in total. The molecule has 0 bridgehead atoms. The minimum Gasteiger partial charge on any atom is -0.497 e. The van der Waals surface area contributed by atoms with Crippen LogP contribution in [-0.2, 0) is 11.2 Å². The van der Waals surface area contributed by atoms with E-state index in [1.165, 1.54) is 0 Å². The van der Waals surface area contributed by atoms with Gasteiger partial charge in [0.1, 0.15) is 11.8 Å². The monoisotopic (exact) mass is 341 g/mol. The number of amides is 3. The van der Waals surface area contributed by atoms with Gasteiger partial charge in [0.05, 0.1) is 7.11 Å². The predicted molar refractivity (Wildman–Crippen MR) is 97.8 cm³/mol. The van der Waals surface area contributed by atoms with Crippen molar-refractivity contribution < 1.29 is 14.3 Å². The van der Waals surface area contributed by atoms with E-state index in [0.29, 0.717) is 18.7 Å². The number of carbonyl (C=O) groups excluding carboxylic acids is 2. The number of hydrogen-bond donors (Lipinski definition) is 3. The molecule has 0 aliphatic rings. The zero-order valence-electron chi connectivity index (χ0n) is 14.4. The van der Waals surface area contributed by atoms with Crippen molar-refractivity contribution in [1.29, 1.82) is 0 Å². The molecule has 2 aromatic rings. The second kappa shape index (κ2) is 9.32. The van der Waals surface area contributed by atoms with Gasteiger partial charge in [0.15, 0.2) is 0 Å². The molecule has 2 aromatic carbocycles. The second-order valence-electron chi connectivity index (χ2n) is 5.58. The molecule has 0 saturated carbocycles. The molecule has 6 nitrogen and oxygen atoms in total. The van der Waals surface area contributed by atoms with E-state index in [0.717, 1.165) is 11.3 Å². The Bertz CT molecular complexity index is 687. The van der Waals surface area contributed by atoms with Crippen LogP contribution in [0.3, 0.4) is 0 Å². The van der Waals surface area contributed by atoms with E-state index < -0.39 is 12.1 Å². The van der Waals surface area contributed by atoms with Gasteiger partial charge in [-0.1, -0.05) is 30.3 Å². The van der Waals surface area contributed by atoms with Crippen molar-refractivity contribution in [2.75, 3.05) is 19.0 Å². The van der Waals surface area contributed by atoms with Crippen molar-refractivity contribution in [3.8, 4) is 5.75 Å². The molecule has 0 fully saturated rings. The number of para-hydroxylation sites is 1. The molecular weight excluding hydrogens is 318 g/mol. The lowest BCUT2D eigenvalue weighted by atomic mass is 10.1. The molecule has 0 aliphatic heterocycles. The van der Waals surface area contributed by atoms with Gasteiger partial charge >= 0.3 is 6.03 Å². The zero-order chi connectivity index (χ0) is 18.1. The first kappa shape index (κ1) is 18.3. The summed E-state index contributed by atoms with van der Waals surface area (Å²) in [6.45, 7) is 2.14. The molecule has 25 heavy (non-hydrogen) atoms. The van der Waals surface area contributed by atoms with Gasteiger partial charge in [-0.15, -0.1) is 0 Å². The first-order chi connectivity index (χ1) is 12.1. The number of urea groups is 1. The van der Waals surface area contributed by atoms with E-state index in [-0.39, 0.29) is 5.91 Å². The van der Waals surface area contributed by atoms with Gasteiger partial charge in [-0.05, 0) is 43.2 Å². The third kappa shape index (κ3) is 6.18. The molecule has 0 spiro atoms. The van der Waals surface area contributed by atoms with E-state index in [4.69, 9.17) is 4.74 Å². The van der Waals surface area contributed by atoms with Crippen LogP contribution in [0, 0.1) is 0 Å². The molecule has 0 heterocycles. The summed E-state index contributed by atoms with van der Waals surface area (Å²) in [7, 11) is 1.62. The predicted octanol–water partition coefficient (Wildman–Crippen LogP) is 2.56. The van der Waals surface area contributed by atoms with E-state index in [1.807, 2.05) is 42.5 Å². The van der Waals surface area contributed by atoms with Gasteiger partial charge in [0, 0.05) is 12.2 Å². The molecule has 0 aliphatic carbocycles. The fourth-order valence-electron chi connectivity index (χ4n) is 2.23. The number of nitrogens with one attached hydrogen (secondary N) is 3. The van der Waals surface area contributed by atoms with Crippen molar-refractivity contribution in [2.24, 2.45) is 0 Å².